The van der Waals surface area contributed by atoms with Crippen LogP contribution in [0.25, 0.3) is 0 Å². The van der Waals surface area contributed by atoms with E-state index in [0.29, 0.717) is 11.4 Å². The van der Waals surface area contributed by atoms with Crippen molar-refractivity contribution in [2.24, 2.45) is 0 Å². The minimum Gasteiger partial charge on any atom is -0.478 e. The molecule has 1 fully saturated rings. The van der Waals surface area contributed by atoms with E-state index in [0.717, 1.165) is 25.9 Å². The van der Waals surface area contributed by atoms with E-state index in [1.54, 1.807) is 6.07 Å². The van der Waals surface area contributed by atoms with Crippen molar-refractivity contribution in [2.75, 3.05) is 18.4 Å². The number of nitrogens with one attached hydrogen (secondary N) is 2. The van der Waals surface area contributed by atoms with Crippen molar-refractivity contribution in [3.05, 3.63) is 59.7 Å². The second kappa shape index (κ2) is 8.89. The summed E-state index contributed by atoms with van der Waals surface area (Å²) in [6.45, 7) is 4.17. The van der Waals surface area contributed by atoms with Crippen molar-refractivity contribution in [3.8, 4) is 5.75 Å². The summed E-state index contributed by atoms with van der Waals surface area (Å²) in [7, 11) is 0. The first-order valence-corrected chi connectivity index (χ1v) is 9.66. The van der Waals surface area contributed by atoms with Gasteiger partial charge in [0.2, 0.25) is 0 Å². The molecule has 3 rings (SSSR count). The zero-order valence-electron chi connectivity index (χ0n) is 16.0. The molecular formula is C22H26N2O4. The normalized spacial score (nSPS) is 19.5. The van der Waals surface area contributed by atoms with Gasteiger partial charge in [0.25, 0.3) is 0 Å². The number of carbonyl (C=O) groups excluding carboxylic acids is 1. The molecule has 0 aromatic heterocycles. The van der Waals surface area contributed by atoms with Crippen molar-refractivity contribution in [3.63, 3.8) is 0 Å². The number of hydrogen-bond donors (Lipinski definition) is 3. The van der Waals surface area contributed by atoms with Crippen LogP contribution >= 0.6 is 0 Å². The summed E-state index contributed by atoms with van der Waals surface area (Å²) in [4.78, 5) is 23.1. The van der Waals surface area contributed by atoms with Crippen molar-refractivity contribution in [2.45, 2.75) is 38.0 Å². The first-order valence-electron chi connectivity index (χ1n) is 9.66. The van der Waals surface area contributed by atoms with Gasteiger partial charge in [0, 0.05) is 17.6 Å². The molecule has 1 heterocycles. The van der Waals surface area contributed by atoms with Crippen LogP contribution in [0, 0.1) is 0 Å². The third-order valence-corrected chi connectivity index (χ3v) is 5.43. The minimum absolute atomic E-state index is 0.0546. The van der Waals surface area contributed by atoms with E-state index in [4.69, 9.17) is 9.84 Å². The third kappa shape index (κ3) is 4.70. The Morgan fingerprint density at radius 3 is 2.68 bits per heavy atom. The lowest BCUT2D eigenvalue weighted by atomic mass is 9.74. The number of hydrogen-bond acceptors (Lipinski definition) is 4. The van der Waals surface area contributed by atoms with Crippen LogP contribution in [0.15, 0.2) is 48.5 Å². The highest BCUT2D eigenvalue weighted by Crippen LogP contribution is 2.36. The van der Waals surface area contributed by atoms with Crippen LogP contribution < -0.4 is 15.4 Å². The molecular weight excluding hydrogens is 356 g/mol. The first kappa shape index (κ1) is 19.9. The fraction of sp³-hybridized carbons (Fsp3) is 0.364. The van der Waals surface area contributed by atoms with Crippen molar-refractivity contribution >= 4 is 17.7 Å². The molecule has 6 heteroatoms. The number of carboxylic acids is 1. The van der Waals surface area contributed by atoms with Gasteiger partial charge in [-0.1, -0.05) is 25.5 Å². The number of ether oxygens (including phenoxy) is 1. The molecule has 1 amide bonds. The van der Waals surface area contributed by atoms with E-state index < -0.39 is 12.1 Å². The number of carboxylic acid groups (broad SMARTS) is 1. The Hall–Kier alpha value is -2.86. The Morgan fingerprint density at radius 1 is 1.18 bits per heavy atom. The maximum atomic E-state index is 12.2. The Balaban J connectivity index is 1.69. The van der Waals surface area contributed by atoms with Crippen LogP contribution in [0.2, 0.25) is 0 Å². The fourth-order valence-electron chi connectivity index (χ4n) is 3.72. The van der Waals surface area contributed by atoms with Gasteiger partial charge in [-0.15, -0.1) is 0 Å². The van der Waals surface area contributed by atoms with E-state index in [-0.39, 0.29) is 11.0 Å². The Morgan fingerprint density at radius 2 is 1.96 bits per heavy atom. The van der Waals surface area contributed by atoms with Crippen molar-refractivity contribution in [1.82, 2.24) is 5.32 Å². The molecule has 0 radical (unpaired) electrons. The number of rotatable bonds is 5. The molecule has 28 heavy (non-hydrogen) atoms. The smallest absolute Gasteiger partial charge is 0.417 e. The van der Waals surface area contributed by atoms with Gasteiger partial charge in [-0.25, -0.2) is 9.59 Å². The number of carbonyl (C=O) groups is 2. The number of amides is 1. The molecule has 0 aliphatic carbocycles. The average Bonchev–Trinajstić information content (AvgIpc) is 2.95. The second-order valence-corrected chi connectivity index (χ2v) is 7.19. The van der Waals surface area contributed by atoms with Gasteiger partial charge in [0.15, 0.2) is 0 Å². The van der Waals surface area contributed by atoms with E-state index in [1.165, 1.54) is 42.7 Å². The molecule has 3 N–H and O–H groups in total. The number of aromatic carboxylic acids is 1. The van der Waals surface area contributed by atoms with Crippen LogP contribution in [-0.2, 0) is 5.41 Å². The molecule has 0 saturated carbocycles. The Kier molecular flexibility index (Phi) is 6.31. The molecule has 2 aromatic rings. The van der Waals surface area contributed by atoms with Crippen molar-refractivity contribution in [1.29, 1.82) is 0 Å². The van der Waals surface area contributed by atoms with Crippen LogP contribution in [0.3, 0.4) is 0 Å². The highest BCUT2D eigenvalue weighted by molar-refractivity contribution is 5.90. The van der Waals surface area contributed by atoms with E-state index >= 15 is 0 Å². The SMILES string of the molecule is CCC1(c2cccc(OC(=O)Nc3ccc(C(=O)O)cc3)c2)CCCCNC1. The Labute approximate surface area is 164 Å². The predicted octanol–water partition coefficient (Wildman–Crippen LogP) is 4.42. The average molecular weight is 382 g/mol. The molecule has 6 nitrogen and oxygen atoms in total. The monoisotopic (exact) mass is 382 g/mol. The van der Waals surface area contributed by atoms with Gasteiger partial charge < -0.3 is 15.2 Å². The second-order valence-electron chi connectivity index (χ2n) is 7.19. The van der Waals surface area contributed by atoms with Gasteiger partial charge in [-0.2, -0.15) is 0 Å². The lowest BCUT2D eigenvalue weighted by Crippen LogP contribution is -2.36. The molecule has 2 aromatic carbocycles. The molecule has 0 spiro atoms. The molecule has 1 unspecified atom stereocenters. The summed E-state index contributed by atoms with van der Waals surface area (Å²) < 4.78 is 5.46. The van der Waals surface area contributed by atoms with Crippen molar-refractivity contribution < 1.29 is 19.4 Å². The largest absolute Gasteiger partial charge is 0.478 e. The molecule has 1 aliphatic heterocycles. The van der Waals surface area contributed by atoms with Crippen LogP contribution in [0.4, 0.5) is 10.5 Å². The maximum absolute atomic E-state index is 12.2. The van der Waals surface area contributed by atoms with Crippen LogP contribution in [0.1, 0.15) is 48.5 Å². The van der Waals surface area contributed by atoms with Gasteiger partial charge in [-0.3, -0.25) is 5.32 Å². The molecule has 1 aliphatic rings. The standard InChI is InChI=1S/C22H26N2O4/c1-2-22(12-3-4-13-23-15-22)17-6-5-7-19(14-17)28-21(27)24-18-10-8-16(9-11-18)20(25)26/h5-11,14,23H,2-4,12-13,15H2,1H3,(H,24,27)(H,25,26). The molecule has 148 valence electrons. The number of anilines is 1. The summed E-state index contributed by atoms with van der Waals surface area (Å²) in [5.41, 5.74) is 1.87. The molecule has 0 bridgehead atoms. The van der Waals surface area contributed by atoms with E-state index in [1.807, 2.05) is 12.1 Å². The molecule has 1 atom stereocenters. The van der Waals surface area contributed by atoms with Gasteiger partial charge in [-0.05, 0) is 67.8 Å². The Bertz CT molecular complexity index is 825. The minimum atomic E-state index is -1.01. The molecule has 1 saturated heterocycles. The van der Waals surface area contributed by atoms with Crippen LogP contribution in [-0.4, -0.2) is 30.3 Å². The van der Waals surface area contributed by atoms with Gasteiger partial charge >= 0.3 is 12.1 Å². The zero-order chi connectivity index (χ0) is 20.0. The lowest BCUT2D eigenvalue weighted by Gasteiger charge is -2.32. The van der Waals surface area contributed by atoms with Gasteiger partial charge in [0.1, 0.15) is 5.75 Å². The van der Waals surface area contributed by atoms with Crippen LogP contribution in [0.5, 0.6) is 5.75 Å². The van der Waals surface area contributed by atoms with E-state index in [9.17, 15) is 9.59 Å². The predicted molar refractivity (Wildman–Crippen MR) is 108 cm³/mol. The first-order chi connectivity index (χ1) is 13.5. The third-order valence-electron chi connectivity index (χ3n) is 5.43. The topological polar surface area (TPSA) is 87.7 Å². The van der Waals surface area contributed by atoms with E-state index in [2.05, 4.69) is 23.6 Å². The summed E-state index contributed by atoms with van der Waals surface area (Å²) in [6, 6.07) is 13.7. The highest BCUT2D eigenvalue weighted by Gasteiger charge is 2.31. The summed E-state index contributed by atoms with van der Waals surface area (Å²) >= 11 is 0. The summed E-state index contributed by atoms with van der Waals surface area (Å²) in [5, 5.41) is 15.1. The number of benzene rings is 2. The summed E-state index contributed by atoms with van der Waals surface area (Å²) in [5.74, 6) is -0.516. The zero-order valence-corrected chi connectivity index (χ0v) is 16.0. The lowest BCUT2D eigenvalue weighted by molar-refractivity contribution is 0.0697. The quantitative estimate of drug-likeness (QED) is 0.713. The maximum Gasteiger partial charge on any atom is 0.417 e. The highest BCUT2D eigenvalue weighted by atomic mass is 16.6. The fourth-order valence-corrected chi connectivity index (χ4v) is 3.72. The van der Waals surface area contributed by atoms with Gasteiger partial charge in [0.05, 0.1) is 5.56 Å². The summed E-state index contributed by atoms with van der Waals surface area (Å²) in [6.07, 6.45) is 3.89.